The lowest BCUT2D eigenvalue weighted by Gasteiger charge is -2.41. The van der Waals surface area contributed by atoms with E-state index in [0.29, 0.717) is 24.3 Å². The summed E-state index contributed by atoms with van der Waals surface area (Å²) in [6.45, 7) is 6.24. The minimum atomic E-state index is -0.239. The zero-order valence-corrected chi connectivity index (χ0v) is 19.6. The molecule has 4 aliphatic rings. The van der Waals surface area contributed by atoms with Crippen molar-refractivity contribution < 1.29 is 14.4 Å². The van der Waals surface area contributed by atoms with E-state index in [1.165, 1.54) is 16.2 Å². The number of piperazine rings is 1. The second kappa shape index (κ2) is 7.83. The maximum Gasteiger partial charge on any atom is 0.254 e. The zero-order chi connectivity index (χ0) is 23.6. The fraction of sp³-hybridized carbons (Fsp3) is 0.393. The highest BCUT2D eigenvalue weighted by atomic mass is 16.2. The molecule has 2 aromatic carbocycles. The number of benzene rings is 2. The summed E-state index contributed by atoms with van der Waals surface area (Å²) in [6, 6.07) is 15.7. The van der Waals surface area contributed by atoms with Gasteiger partial charge in [0, 0.05) is 36.9 Å². The zero-order valence-electron chi connectivity index (χ0n) is 19.6. The summed E-state index contributed by atoms with van der Waals surface area (Å²) in [5, 5.41) is 0. The molecule has 0 aromatic heterocycles. The summed E-state index contributed by atoms with van der Waals surface area (Å²) in [5.41, 5.74) is 3.44. The summed E-state index contributed by atoms with van der Waals surface area (Å²) in [6.07, 6.45) is 5.10. The van der Waals surface area contributed by atoms with Crippen molar-refractivity contribution in [1.82, 2.24) is 4.90 Å². The Morgan fingerprint density at radius 2 is 1.56 bits per heavy atom. The summed E-state index contributed by atoms with van der Waals surface area (Å²) < 4.78 is 0. The van der Waals surface area contributed by atoms with E-state index in [1.807, 2.05) is 4.90 Å². The highest BCUT2D eigenvalue weighted by molar-refractivity contribution is 6.23. The smallest absolute Gasteiger partial charge is 0.254 e. The Morgan fingerprint density at radius 3 is 2.24 bits per heavy atom. The normalized spacial score (nSPS) is 29.8. The molecule has 34 heavy (non-hydrogen) atoms. The van der Waals surface area contributed by atoms with Gasteiger partial charge >= 0.3 is 0 Å². The molecule has 2 aliphatic carbocycles. The van der Waals surface area contributed by atoms with Crippen molar-refractivity contribution in [1.29, 1.82) is 0 Å². The fourth-order valence-corrected chi connectivity index (χ4v) is 6.45. The molecular formula is C28H29N3O3. The Kier molecular flexibility index (Phi) is 4.87. The Hall–Kier alpha value is -3.41. The van der Waals surface area contributed by atoms with E-state index in [4.69, 9.17) is 0 Å². The number of imide groups is 1. The molecule has 5 atom stereocenters. The van der Waals surface area contributed by atoms with Crippen LogP contribution in [0.5, 0.6) is 0 Å². The van der Waals surface area contributed by atoms with Crippen LogP contribution in [0.15, 0.2) is 60.7 Å². The molecular weight excluding hydrogens is 426 g/mol. The molecule has 2 aromatic rings. The molecule has 2 bridgehead atoms. The number of aryl methyl sites for hydroxylation is 1. The van der Waals surface area contributed by atoms with Gasteiger partial charge in [-0.3, -0.25) is 14.4 Å². The number of allylic oxidation sites excluding steroid dienone is 2. The highest BCUT2D eigenvalue weighted by Gasteiger charge is 2.59. The first-order chi connectivity index (χ1) is 16.4. The lowest BCUT2D eigenvalue weighted by molar-refractivity contribution is -0.123. The average molecular weight is 456 g/mol. The van der Waals surface area contributed by atoms with Crippen LogP contribution < -0.4 is 9.80 Å². The molecule has 0 N–H and O–H groups in total. The first kappa shape index (κ1) is 21.1. The predicted molar refractivity (Wildman–Crippen MR) is 131 cm³/mol. The number of carbonyl (C=O) groups is 3. The Labute approximate surface area is 199 Å². The van der Waals surface area contributed by atoms with Crippen LogP contribution in [0, 0.1) is 30.6 Å². The van der Waals surface area contributed by atoms with Crippen LogP contribution in [-0.4, -0.2) is 48.3 Å². The molecule has 6 nitrogen and oxygen atoms in total. The standard InChI is InChI=1S/C28H29N3O3/c1-17-5-3-7-22(13-17)30-12-11-29(16-18(30)2)26(32)21-6-4-8-23(15-21)31-27(33)24-19-9-10-20(14-19)25(24)28(31)34/h3-10,13,15,18-20,24-25H,11-12,14,16H2,1-2H3/t18-,19-,20-,24-,25+/m0/s1. The Bertz CT molecular complexity index is 1190. The third-order valence-corrected chi connectivity index (χ3v) is 8.07. The summed E-state index contributed by atoms with van der Waals surface area (Å²) in [7, 11) is 0. The van der Waals surface area contributed by atoms with Gasteiger partial charge in [-0.2, -0.15) is 0 Å². The molecule has 0 radical (unpaired) electrons. The van der Waals surface area contributed by atoms with Crippen molar-refractivity contribution in [2.24, 2.45) is 23.7 Å². The molecule has 6 rings (SSSR count). The van der Waals surface area contributed by atoms with Crippen LogP contribution in [0.25, 0.3) is 0 Å². The van der Waals surface area contributed by atoms with Gasteiger partial charge in [-0.15, -0.1) is 0 Å². The van der Waals surface area contributed by atoms with Gasteiger partial charge in [0.05, 0.1) is 17.5 Å². The van der Waals surface area contributed by atoms with Crippen LogP contribution in [-0.2, 0) is 9.59 Å². The number of nitrogens with zero attached hydrogens (tertiary/aromatic N) is 3. The molecule has 2 aliphatic heterocycles. The predicted octanol–water partition coefficient (Wildman–Crippen LogP) is 3.66. The van der Waals surface area contributed by atoms with Crippen molar-refractivity contribution in [3.05, 3.63) is 71.8 Å². The van der Waals surface area contributed by atoms with E-state index in [9.17, 15) is 14.4 Å². The molecule has 3 fully saturated rings. The molecule has 2 saturated heterocycles. The van der Waals surface area contributed by atoms with Gasteiger partial charge in [-0.05, 0) is 68.0 Å². The monoisotopic (exact) mass is 455 g/mol. The number of anilines is 2. The number of hydrogen-bond acceptors (Lipinski definition) is 4. The number of amides is 3. The van der Waals surface area contributed by atoms with Crippen LogP contribution in [0.3, 0.4) is 0 Å². The first-order valence-corrected chi connectivity index (χ1v) is 12.2. The molecule has 3 amide bonds. The highest BCUT2D eigenvalue weighted by Crippen LogP contribution is 2.53. The summed E-state index contributed by atoms with van der Waals surface area (Å²) >= 11 is 0. The maximum absolute atomic E-state index is 13.4. The van der Waals surface area contributed by atoms with Gasteiger partial charge in [0.1, 0.15) is 0 Å². The minimum Gasteiger partial charge on any atom is -0.365 e. The fourth-order valence-electron chi connectivity index (χ4n) is 6.45. The molecule has 2 heterocycles. The van der Waals surface area contributed by atoms with Gasteiger partial charge in [0.2, 0.25) is 11.8 Å². The van der Waals surface area contributed by atoms with E-state index in [2.05, 4.69) is 55.2 Å². The van der Waals surface area contributed by atoms with E-state index < -0.39 is 0 Å². The maximum atomic E-state index is 13.4. The lowest BCUT2D eigenvalue weighted by atomic mass is 9.85. The van der Waals surface area contributed by atoms with Crippen LogP contribution >= 0.6 is 0 Å². The van der Waals surface area contributed by atoms with E-state index in [-0.39, 0.29) is 47.4 Å². The average Bonchev–Trinajstić information content (AvgIpc) is 3.52. The molecule has 6 heteroatoms. The molecule has 0 spiro atoms. The molecule has 1 saturated carbocycles. The number of fused-ring (bicyclic) bond motifs is 5. The Balaban J connectivity index is 1.19. The molecule has 0 unspecified atom stereocenters. The van der Waals surface area contributed by atoms with E-state index in [1.54, 1.807) is 24.3 Å². The third kappa shape index (κ3) is 3.19. The molecule has 174 valence electrons. The van der Waals surface area contributed by atoms with Gasteiger partial charge < -0.3 is 9.80 Å². The van der Waals surface area contributed by atoms with E-state index >= 15 is 0 Å². The van der Waals surface area contributed by atoms with Crippen LogP contribution in [0.2, 0.25) is 0 Å². The van der Waals surface area contributed by atoms with Crippen molar-refractivity contribution in [3.8, 4) is 0 Å². The Morgan fingerprint density at radius 1 is 0.882 bits per heavy atom. The largest absolute Gasteiger partial charge is 0.365 e. The second-order valence-electron chi connectivity index (χ2n) is 10.2. The van der Waals surface area contributed by atoms with Crippen LogP contribution in [0.1, 0.15) is 29.3 Å². The summed E-state index contributed by atoms with van der Waals surface area (Å²) in [4.78, 5) is 45.3. The van der Waals surface area contributed by atoms with Gasteiger partial charge in [-0.1, -0.05) is 30.4 Å². The summed E-state index contributed by atoms with van der Waals surface area (Å²) in [5.74, 6) is -0.415. The second-order valence-corrected chi connectivity index (χ2v) is 10.2. The topological polar surface area (TPSA) is 60.9 Å². The van der Waals surface area contributed by atoms with Crippen molar-refractivity contribution in [2.45, 2.75) is 26.3 Å². The quantitative estimate of drug-likeness (QED) is 0.524. The van der Waals surface area contributed by atoms with Gasteiger partial charge in [0.25, 0.3) is 5.91 Å². The SMILES string of the molecule is Cc1cccc(N2CCN(C(=O)c3cccc(N4C(=O)[C@@H]5[C@H](C4=O)[C@H]4C=C[C@H]5C4)c3)C[C@@H]2C)c1. The first-order valence-electron chi connectivity index (χ1n) is 12.2. The number of hydrogen-bond donors (Lipinski definition) is 0. The van der Waals surface area contributed by atoms with Crippen LogP contribution in [0.4, 0.5) is 11.4 Å². The van der Waals surface area contributed by atoms with E-state index in [0.717, 1.165) is 13.0 Å². The van der Waals surface area contributed by atoms with Crippen molar-refractivity contribution in [2.75, 3.05) is 29.4 Å². The third-order valence-electron chi connectivity index (χ3n) is 8.07. The number of carbonyl (C=O) groups excluding carboxylic acids is 3. The number of rotatable bonds is 3. The lowest BCUT2D eigenvalue weighted by Crippen LogP contribution is -2.53. The minimum absolute atomic E-state index is 0.0568. The van der Waals surface area contributed by atoms with Crippen molar-refractivity contribution >= 4 is 29.1 Å². The van der Waals surface area contributed by atoms with Gasteiger partial charge in [0.15, 0.2) is 0 Å². The van der Waals surface area contributed by atoms with Crippen molar-refractivity contribution in [3.63, 3.8) is 0 Å². The van der Waals surface area contributed by atoms with Gasteiger partial charge in [-0.25, -0.2) is 4.90 Å².